The molecular weight excluding hydrogens is 158 g/mol. The molecule has 1 fully saturated rings. The first-order valence-electron chi connectivity index (χ1n) is 4.96. The van der Waals surface area contributed by atoms with Gasteiger partial charge in [-0.3, -0.25) is 0 Å². The average Bonchev–Trinajstić information content (AvgIpc) is 2.56. The number of hydrogen-bond donors (Lipinski definition) is 1. The summed E-state index contributed by atoms with van der Waals surface area (Å²) in [5.74, 6) is 0.721. The zero-order chi connectivity index (χ0) is 8.67. The van der Waals surface area contributed by atoms with Crippen LogP contribution in [0.5, 0.6) is 0 Å². The Morgan fingerprint density at radius 3 is 3.15 bits per heavy atom. The second-order valence-corrected chi connectivity index (χ2v) is 3.85. The fraction of sp³-hybridized carbons (Fsp3) is 0.333. The molecule has 1 N–H and O–H groups in total. The van der Waals surface area contributed by atoms with Gasteiger partial charge in [0.15, 0.2) is 0 Å². The van der Waals surface area contributed by atoms with Gasteiger partial charge in [0, 0.05) is 12.5 Å². The Morgan fingerprint density at radius 1 is 1.23 bits per heavy atom. The Kier molecular flexibility index (Phi) is 1.53. The minimum Gasteiger partial charge on any atom is -0.313 e. The first kappa shape index (κ1) is 7.34. The average molecular weight is 171 g/mol. The molecule has 0 radical (unpaired) electrons. The lowest BCUT2D eigenvalue weighted by atomic mass is 9.95. The van der Waals surface area contributed by atoms with Crippen LogP contribution in [0.4, 0.5) is 0 Å². The van der Waals surface area contributed by atoms with Crippen molar-refractivity contribution in [2.24, 2.45) is 5.92 Å². The van der Waals surface area contributed by atoms with E-state index in [9.17, 15) is 0 Å². The van der Waals surface area contributed by atoms with Crippen LogP contribution in [0.2, 0.25) is 0 Å². The Balaban J connectivity index is 2.29. The third kappa shape index (κ3) is 1.04. The number of nitrogens with one attached hydrogen (secondary N) is 1. The van der Waals surface area contributed by atoms with E-state index in [-0.39, 0.29) is 0 Å². The Morgan fingerprint density at radius 2 is 2.15 bits per heavy atom. The number of hydrogen-bond acceptors (Lipinski definition) is 1. The molecule has 1 aromatic carbocycles. The van der Waals surface area contributed by atoms with Crippen molar-refractivity contribution in [2.75, 3.05) is 13.1 Å². The van der Waals surface area contributed by atoms with Gasteiger partial charge in [-0.1, -0.05) is 30.3 Å². The van der Waals surface area contributed by atoms with Crippen LogP contribution in [0, 0.1) is 5.92 Å². The van der Waals surface area contributed by atoms with Gasteiger partial charge in [-0.2, -0.15) is 0 Å². The van der Waals surface area contributed by atoms with Gasteiger partial charge in [0.05, 0.1) is 0 Å². The van der Waals surface area contributed by atoms with Gasteiger partial charge in [-0.15, -0.1) is 0 Å². The lowest BCUT2D eigenvalue weighted by Gasteiger charge is -2.20. The van der Waals surface area contributed by atoms with E-state index in [1.54, 1.807) is 5.57 Å². The molecule has 66 valence electrons. The number of fused-ring (bicyclic) bond motifs is 2. The fourth-order valence-corrected chi connectivity index (χ4v) is 2.42. The summed E-state index contributed by atoms with van der Waals surface area (Å²) in [6, 6.07) is 8.73. The van der Waals surface area contributed by atoms with Crippen LogP contribution in [0.3, 0.4) is 0 Å². The topological polar surface area (TPSA) is 12.0 Å². The molecule has 1 heterocycles. The normalized spacial score (nSPS) is 24.9. The van der Waals surface area contributed by atoms with Gasteiger partial charge in [0.2, 0.25) is 0 Å². The second-order valence-electron chi connectivity index (χ2n) is 3.85. The monoisotopic (exact) mass is 171 g/mol. The number of piperidine rings is 1. The van der Waals surface area contributed by atoms with E-state index in [0.717, 1.165) is 12.5 Å². The van der Waals surface area contributed by atoms with Crippen molar-refractivity contribution < 1.29 is 0 Å². The molecule has 3 rings (SSSR count). The van der Waals surface area contributed by atoms with Crippen LogP contribution in [0.25, 0.3) is 11.6 Å². The minimum absolute atomic E-state index is 0.721. The molecule has 1 aromatic rings. The molecule has 1 saturated heterocycles. The van der Waals surface area contributed by atoms with Gasteiger partial charge in [0.25, 0.3) is 0 Å². The van der Waals surface area contributed by atoms with Gasteiger partial charge >= 0.3 is 0 Å². The molecule has 0 amide bonds. The van der Waals surface area contributed by atoms with Gasteiger partial charge < -0.3 is 5.32 Å². The summed E-state index contributed by atoms with van der Waals surface area (Å²) in [4.78, 5) is 0. The molecule has 1 heteroatoms. The number of benzene rings is 1. The van der Waals surface area contributed by atoms with Crippen molar-refractivity contribution in [3.63, 3.8) is 0 Å². The quantitative estimate of drug-likeness (QED) is 0.589. The summed E-state index contributed by atoms with van der Waals surface area (Å²) in [5.41, 5.74) is 1.60. The molecule has 1 unspecified atom stereocenters. The SMILES string of the molecule is C1=c2ccccc2=C2CNCCC12. The van der Waals surface area contributed by atoms with E-state index >= 15 is 0 Å². The molecule has 1 nitrogen and oxygen atoms in total. The second kappa shape index (κ2) is 2.71. The van der Waals surface area contributed by atoms with Crippen LogP contribution in [-0.4, -0.2) is 13.1 Å². The molecule has 2 aliphatic rings. The summed E-state index contributed by atoms with van der Waals surface area (Å²) in [6.45, 7) is 2.25. The summed E-state index contributed by atoms with van der Waals surface area (Å²) in [6.07, 6.45) is 3.69. The molecule has 1 aliphatic heterocycles. The zero-order valence-electron chi connectivity index (χ0n) is 7.59. The predicted molar refractivity (Wildman–Crippen MR) is 54.5 cm³/mol. The molecule has 0 spiro atoms. The Bertz CT molecular complexity index is 444. The van der Waals surface area contributed by atoms with Crippen LogP contribution >= 0.6 is 0 Å². The minimum atomic E-state index is 0.721. The molecular formula is C12H13N. The highest BCUT2D eigenvalue weighted by Crippen LogP contribution is 2.21. The van der Waals surface area contributed by atoms with E-state index in [1.165, 1.54) is 23.4 Å². The highest BCUT2D eigenvalue weighted by molar-refractivity contribution is 5.64. The van der Waals surface area contributed by atoms with Crippen LogP contribution in [-0.2, 0) is 0 Å². The molecule has 13 heavy (non-hydrogen) atoms. The maximum Gasteiger partial charge on any atom is 0.0179 e. The van der Waals surface area contributed by atoms with E-state index in [4.69, 9.17) is 0 Å². The molecule has 0 saturated carbocycles. The fourth-order valence-electron chi connectivity index (χ4n) is 2.42. The highest BCUT2D eigenvalue weighted by atomic mass is 14.9. The first-order valence-corrected chi connectivity index (χ1v) is 4.96. The van der Waals surface area contributed by atoms with E-state index in [2.05, 4.69) is 35.7 Å². The van der Waals surface area contributed by atoms with Gasteiger partial charge in [-0.25, -0.2) is 0 Å². The first-order chi connectivity index (χ1) is 6.45. The summed E-state index contributed by atoms with van der Waals surface area (Å²) < 4.78 is 0. The maximum absolute atomic E-state index is 3.44. The van der Waals surface area contributed by atoms with Gasteiger partial charge in [-0.05, 0) is 29.0 Å². The van der Waals surface area contributed by atoms with E-state index < -0.39 is 0 Å². The van der Waals surface area contributed by atoms with E-state index in [1.807, 2.05) is 0 Å². The number of rotatable bonds is 0. The summed E-state index contributed by atoms with van der Waals surface area (Å²) in [7, 11) is 0. The molecule has 0 aromatic heterocycles. The summed E-state index contributed by atoms with van der Waals surface area (Å²) in [5, 5.41) is 6.35. The summed E-state index contributed by atoms with van der Waals surface area (Å²) >= 11 is 0. The predicted octanol–water partition coefficient (Wildman–Crippen LogP) is 0.241. The van der Waals surface area contributed by atoms with Gasteiger partial charge in [0.1, 0.15) is 0 Å². The standard InChI is InChI=1S/C12H13N/c1-2-4-11-9(3-1)7-10-5-6-13-8-12(10)11/h1-4,7,10,13H,5-6,8H2. The smallest absolute Gasteiger partial charge is 0.0179 e. The molecule has 1 atom stereocenters. The van der Waals surface area contributed by atoms with Crippen LogP contribution in [0.1, 0.15) is 6.42 Å². The van der Waals surface area contributed by atoms with E-state index in [0.29, 0.717) is 0 Å². The van der Waals surface area contributed by atoms with Crippen molar-refractivity contribution in [3.8, 4) is 0 Å². The highest BCUT2D eigenvalue weighted by Gasteiger charge is 2.20. The lowest BCUT2D eigenvalue weighted by Crippen LogP contribution is -2.31. The molecule has 1 aliphatic carbocycles. The third-order valence-corrected chi connectivity index (χ3v) is 3.08. The van der Waals surface area contributed by atoms with Crippen LogP contribution in [0.15, 0.2) is 24.3 Å². The van der Waals surface area contributed by atoms with Crippen molar-refractivity contribution in [3.05, 3.63) is 34.7 Å². The lowest BCUT2D eigenvalue weighted by molar-refractivity contribution is 0.600. The van der Waals surface area contributed by atoms with Crippen molar-refractivity contribution >= 4 is 11.6 Å². The maximum atomic E-state index is 3.44. The third-order valence-electron chi connectivity index (χ3n) is 3.08. The molecule has 0 bridgehead atoms. The van der Waals surface area contributed by atoms with Crippen LogP contribution < -0.4 is 15.8 Å². The van der Waals surface area contributed by atoms with Crippen molar-refractivity contribution in [1.29, 1.82) is 0 Å². The Labute approximate surface area is 77.8 Å². The van der Waals surface area contributed by atoms with Crippen molar-refractivity contribution in [1.82, 2.24) is 5.32 Å². The zero-order valence-corrected chi connectivity index (χ0v) is 7.59. The Hall–Kier alpha value is -1.08. The van der Waals surface area contributed by atoms with Crippen molar-refractivity contribution in [2.45, 2.75) is 6.42 Å². The largest absolute Gasteiger partial charge is 0.313 e.